The van der Waals surface area contributed by atoms with Gasteiger partial charge in [-0.3, -0.25) is 20.5 Å². The molecule has 0 radical (unpaired) electrons. The lowest BCUT2D eigenvalue weighted by Crippen LogP contribution is -2.47. The minimum Gasteiger partial charge on any atom is -0.379 e. The van der Waals surface area contributed by atoms with Crippen molar-refractivity contribution in [3.05, 3.63) is 16.1 Å². The number of carbonyl (C=O) groups is 1. The Morgan fingerprint density at radius 3 is 2.91 bits per heavy atom. The summed E-state index contributed by atoms with van der Waals surface area (Å²) in [5.41, 5.74) is 6.06. The summed E-state index contributed by atoms with van der Waals surface area (Å²) in [6, 6.07) is 0. The van der Waals surface area contributed by atoms with E-state index >= 15 is 0 Å². The number of aryl methyl sites for hydroxylation is 1. The van der Waals surface area contributed by atoms with Crippen LogP contribution in [0.15, 0.2) is 5.38 Å². The standard InChI is InChI=1S/C14H23N5O2S2/c1-11-16-12(10-23-11)9-13(20)17-18-14(22)15-3-2-4-19-5-7-21-8-6-19/h10H,2-9H2,1H3,(H,17,20)(H2,15,18,22). The van der Waals surface area contributed by atoms with E-state index in [2.05, 4.69) is 26.1 Å². The van der Waals surface area contributed by atoms with Crippen molar-refractivity contribution < 1.29 is 9.53 Å². The average Bonchev–Trinajstić information content (AvgIpc) is 2.95. The molecule has 7 nitrogen and oxygen atoms in total. The smallest absolute Gasteiger partial charge is 0.244 e. The molecule has 0 aliphatic carbocycles. The van der Waals surface area contributed by atoms with Crippen molar-refractivity contribution in [2.45, 2.75) is 19.8 Å². The lowest BCUT2D eigenvalue weighted by Gasteiger charge is -2.26. The monoisotopic (exact) mass is 357 g/mol. The summed E-state index contributed by atoms with van der Waals surface area (Å²) in [6.45, 7) is 7.33. The molecule has 1 saturated heterocycles. The van der Waals surface area contributed by atoms with E-state index in [4.69, 9.17) is 17.0 Å². The Balaban J connectivity index is 1.51. The van der Waals surface area contributed by atoms with Gasteiger partial charge in [0.25, 0.3) is 0 Å². The summed E-state index contributed by atoms with van der Waals surface area (Å²) in [4.78, 5) is 18.4. The van der Waals surface area contributed by atoms with Crippen molar-refractivity contribution in [2.24, 2.45) is 0 Å². The topological polar surface area (TPSA) is 78.5 Å². The van der Waals surface area contributed by atoms with E-state index in [1.54, 1.807) is 0 Å². The molecule has 2 rings (SSSR count). The van der Waals surface area contributed by atoms with Crippen LogP contribution in [0, 0.1) is 6.92 Å². The number of thiazole rings is 1. The first kappa shape index (κ1) is 18.1. The van der Waals surface area contributed by atoms with Gasteiger partial charge in [-0.2, -0.15) is 0 Å². The molecule has 1 aliphatic heterocycles. The van der Waals surface area contributed by atoms with Gasteiger partial charge in [0, 0.05) is 25.0 Å². The molecule has 1 aliphatic rings. The minimum absolute atomic E-state index is 0.159. The molecular weight excluding hydrogens is 334 g/mol. The van der Waals surface area contributed by atoms with Crippen LogP contribution < -0.4 is 16.2 Å². The SMILES string of the molecule is Cc1nc(CC(=O)NNC(=S)NCCCN2CCOCC2)cs1. The highest BCUT2D eigenvalue weighted by molar-refractivity contribution is 7.80. The molecule has 1 fully saturated rings. The molecule has 0 unspecified atom stereocenters. The summed E-state index contributed by atoms with van der Waals surface area (Å²) in [7, 11) is 0. The molecule has 1 amide bonds. The summed E-state index contributed by atoms with van der Waals surface area (Å²) in [5.74, 6) is -0.159. The lowest BCUT2D eigenvalue weighted by molar-refractivity contribution is -0.121. The van der Waals surface area contributed by atoms with Gasteiger partial charge >= 0.3 is 0 Å². The molecule has 2 heterocycles. The maximum Gasteiger partial charge on any atom is 0.244 e. The number of rotatable bonds is 6. The fourth-order valence-corrected chi connectivity index (χ4v) is 2.96. The van der Waals surface area contributed by atoms with Crippen molar-refractivity contribution in [3.63, 3.8) is 0 Å². The highest BCUT2D eigenvalue weighted by Gasteiger charge is 2.09. The highest BCUT2D eigenvalue weighted by Crippen LogP contribution is 2.07. The zero-order valence-electron chi connectivity index (χ0n) is 13.3. The first-order chi connectivity index (χ1) is 11.1. The van der Waals surface area contributed by atoms with Crippen LogP contribution in [-0.4, -0.2) is 60.3 Å². The third kappa shape index (κ3) is 7.21. The van der Waals surface area contributed by atoms with Crippen molar-refractivity contribution in [3.8, 4) is 0 Å². The van der Waals surface area contributed by atoms with Gasteiger partial charge in [-0.1, -0.05) is 0 Å². The highest BCUT2D eigenvalue weighted by atomic mass is 32.1. The van der Waals surface area contributed by atoms with E-state index in [1.165, 1.54) is 11.3 Å². The Morgan fingerprint density at radius 2 is 2.22 bits per heavy atom. The quantitative estimate of drug-likeness (QED) is 0.382. The number of nitrogens with one attached hydrogen (secondary N) is 3. The molecule has 23 heavy (non-hydrogen) atoms. The van der Waals surface area contributed by atoms with Gasteiger partial charge in [0.2, 0.25) is 5.91 Å². The molecule has 0 aromatic carbocycles. The van der Waals surface area contributed by atoms with Crippen LogP contribution in [0.2, 0.25) is 0 Å². The Hall–Kier alpha value is -1.29. The van der Waals surface area contributed by atoms with E-state index < -0.39 is 0 Å². The number of amides is 1. The second-order valence-corrected chi connectivity index (χ2v) is 6.74. The molecule has 0 spiro atoms. The normalized spacial score (nSPS) is 15.2. The molecule has 0 bridgehead atoms. The van der Waals surface area contributed by atoms with Gasteiger partial charge in [0.05, 0.1) is 30.3 Å². The van der Waals surface area contributed by atoms with Gasteiger partial charge < -0.3 is 10.1 Å². The number of aromatic nitrogens is 1. The van der Waals surface area contributed by atoms with Gasteiger partial charge in [-0.05, 0) is 32.1 Å². The first-order valence-corrected chi connectivity index (χ1v) is 8.96. The predicted octanol–water partition coefficient (Wildman–Crippen LogP) is 0.212. The van der Waals surface area contributed by atoms with Crippen LogP contribution in [0.1, 0.15) is 17.1 Å². The predicted molar refractivity (Wildman–Crippen MR) is 94.3 cm³/mol. The third-order valence-electron chi connectivity index (χ3n) is 3.36. The van der Waals surface area contributed by atoms with Crippen LogP contribution in [0.4, 0.5) is 0 Å². The van der Waals surface area contributed by atoms with Crippen LogP contribution in [0.3, 0.4) is 0 Å². The van der Waals surface area contributed by atoms with E-state index in [0.717, 1.165) is 56.5 Å². The molecule has 9 heteroatoms. The average molecular weight is 358 g/mol. The van der Waals surface area contributed by atoms with Gasteiger partial charge in [-0.15, -0.1) is 11.3 Å². The fraction of sp³-hybridized carbons (Fsp3) is 0.643. The Bertz CT molecular complexity index is 517. The van der Waals surface area contributed by atoms with E-state index in [1.807, 2.05) is 12.3 Å². The van der Waals surface area contributed by atoms with Crippen molar-refractivity contribution in [2.75, 3.05) is 39.4 Å². The second-order valence-electron chi connectivity index (χ2n) is 5.27. The second kappa shape index (κ2) is 9.76. The minimum atomic E-state index is -0.159. The molecule has 3 N–H and O–H groups in total. The third-order valence-corrected chi connectivity index (χ3v) is 4.43. The number of ether oxygens (including phenoxy) is 1. The molecule has 0 saturated carbocycles. The summed E-state index contributed by atoms with van der Waals surface area (Å²) >= 11 is 6.66. The molecule has 1 aromatic rings. The zero-order valence-corrected chi connectivity index (χ0v) is 14.9. The number of nitrogens with zero attached hydrogens (tertiary/aromatic N) is 2. The number of hydrogen-bond acceptors (Lipinski definition) is 6. The number of carbonyl (C=O) groups excluding carboxylic acids is 1. The largest absolute Gasteiger partial charge is 0.379 e. The fourth-order valence-electron chi connectivity index (χ4n) is 2.20. The summed E-state index contributed by atoms with van der Waals surface area (Å²) in [6.07, 6.45) is 1.24. The Kier molecular flexibility index (Phi) is 7.66. The van der Waals surface area contributed by atoms with Gasteiger partial charge in [0.1, 0.15) is 0 Å². The van der Waals surface area contributed by atoms with Crippen LogP contribution in [-0.2, 0) is 16.0 Å². The van der Waals surface area contributed by atoms with Crippen LogP contribution >= 0.6 is 23.6 Å². The maximum atomic E-state index is 11.7. The van der Waals surface area contributed by atoms with Crippen LogP contribution in [0.25, 0.3) is 0 Å². The number of hydrogen-bond donors (Lipinski definition) is 3. The van der Waals surface area contributed by atoms with Gasteiger partial charge in [-0.25, -0.2) is 4.98 Å². The number of morpholine rings is 1. The van der Waals surface area contributed by atoms with E-state index in [-0.39, 0.29) is 12.3 Å². The van der Waals surface area contributed by atoms with Crippen molar-refractivity contribution in [1.82, 2.24) is 26.1 Å². The molecule has 0 atom stereocenters. The molecule has 1 aromatic heterocycles. The Labute approximate surface area is 145 Å². The zero-order chi connectivity index (χ0) is 16.5. The molecular formula is C14H23N5O2S2. The lowest BCUT2D eigenvalue weighted by atomic mass is 10.3. The molecule has 128 valence electrons. The summed E-state index contributed by atoms with van der Waals surface area (Å²) in [5, 5.41) is 6.35. The van der Waals surface area contributed by atoms with Gasteiger partial charge in [0.15, 0.2) is 5.11 Å². The van der Waals surface area contributed by atoms with E-state index in [0.29, 0.717) is 5.11 Å². The van der Waals surface area contributed by atoms with Crippen molar-refractivity contribution >= 4 is 34.6 Å². The summed E-state index contributed by atoms with van der Waals surface area (Å²) < 4.78 is 5.31. The maximum absolute atomic E-state index is 11.7. The first-order valence-electron chi connectivity index (χ1n) is 7.67. The number of thiocarbonyl (C=S) groups is 1. The van der Waals surface area contributed by atoms with E-state index in [9.17, 15) is 4.79 Å². The number of hydrazine groups is 1. The van der Waals surface area contributed by atoms with Crippen molar-refractivity contribution in [1.29, 1.82) is 0 Å². The van der Waals surface area contributed by atoms with Crippen LogP contribution in [0.5, 0.6) is 0 Å². The Morgan fingerprint density at radius 1 is 1.43 bits per heavy atom.